The Morgan fingerprint density at radius 3 is 2.14 bits per heavy atom. The second kappa shape index (κ2) is 7.11. The van der Waals surface area contributed by atoms with Gasteiger partial charge in [-0.3, -0.25) is 9.59 Å². The molecule has 0 bridgehead atoms. The topological polar surface area (TPSA) is 70.2 Å². The Labute approximate surface area is 126 Å². The third-order valence-corrected chi connectivity index (χ3v) is 3.33. The van der Waals surface area contributed by atoms with Gasteiger partial charge in [-0.2, -0.15) is 0 Å². The van der Waals surface area contributed by atoms with Gasteiger partial charge in [0.2, 0.25) is 11.8 Å². The molecule has 5 heteroatoms. The zero-order valence-corrected chi connectivity index (χ0v) is 13.4. The lowest BCUT2D eigenvalue weighted by Gasteiger charge is -2.27. The maximum atomic E-state index is 12.1. The molecule has 3 N–H and O–H groups in total. The van der Waals surface area contributed by atoms with Gasteiger partial charge < -0.3 is 16.0 Å². The summed E-state index contributed by atoms with van der Waals surface area (Å²) in [7, 11) is 0. The number of carbonyl (C=O) groups is 2. The maximum Gasteiger partial charge on any atom is 0.242 e. The summed E-state index contributed by atoms with van der Waals surface area (Å²) < 4.78 is 0. The molecule has 116 valence electrons. The molecule has 1 unspecified atom stereocenters. The van der Waals surface area contributed by atoms with Gasteiger partial charge in [0, 0.05) is 23.8 Å². The maximum absolute atomic E-state index is 12.1. The van der Waals surface area contributed by atoms with E-state index in [0.29, 0.717) is 0 Å². The van der Waals surface area contributed by atoms with E-state index in [1.807, 2.05) is 39.8 Å². The molecule has 0 heterocycles. The van der Waals surface area contributed by atoms with Gasteiger partial charge in [0.1, 0.15) is 6.04 Å². The average molecular weight is 291 g/mol. The third-order valence-electron chi connectivity index (χ3n) is 3.33. The van der Waals surface area contributed by atoms with E-state index < -0.39 is 0 Å². The molecular weight excluding hydrogens is 266 g/mol. The Bertz CT molecular complexity index is 495. The molecule has 0 fully saturated rings. The first-order valence-electron chi connectivity index (χ1n) is 7.19. The average Bonchev–Trinajstić information content (AvgIpc) is 2.40. The fraction of sp³-hybridized carbons (Fsp3) is 0.500. The lowest BCUT2D eigenvalue weighted by atomic mass is 10.0. The molecule has 2 amide bonds. The summed E-state index contributed by atoms with van der Waals surface area (Å²) in [5.41, 5.74) is 1.36. The van der Waals surface area contributed by atoms with Crippen LogP contribution in [0.15, 0.2) is 24.3 Å². The van der Waals surface area contributed by atoms with E-state index in [9.17, 15) is 9.59 Å². The van der Waals surface area contributed by atoms with Crippen LogP contribution in [0.5, 0.6) is 0 Å². The number of nitrogens with one attached hydrogen (secondary N) is 3. The quantitative estimate of drug-likeness (QED) is 0.755. The fourth-order valence-corrected chi connectivity index (χ4v) is 1.70. The summed E-state index contributed by atoms with van der Waals surface area (Å²) >= 11 is 0. The summed E-state index contributed by atoms with van der Waals surface area (Å²) in [6.45, 7) is 9.33. The fourth-order valence-electron chi connectivity index (χ4n) is 1.70. The van der Waals surface area contributed by atoms with Crippen LogP contribution in [0.4, 0.5) is 11.4 Å². The zero-order valence-electron chi connectivity index (χ0n) is 13.4. The monoisotopic (exact) mass is 291 g/mol. The molecule has 0 radical (unpaired) electrons. The lowest BCUT2D eigenvalue weighted by Crippen LogP contribution is -2.48. The Balaban J connectivity index is 2.60. The van der Waals surface area contributed by atoms with E-state index in [1.54, 1.807) is 12.1 Å². The van der Waals surface area contributed by atoms with Crippen molar-refractivity contribution < 1.29 is 9.59 Å². The number of hydrogen-bond acceptors (Lipinski definition) is 3. The van der Waals surface area contributed by atoms with Crippen molar-refractivity contribution in [3.63, 3.8) is 0 Å². The van der Waals surface area contributed by atoms with E-state index in [-0.39, 0.29) is 23.4 Å². The number of benzene rings is 1. The van der Waals surface area contributed by atoms with E-state index in [2.05, 4.69) is 16.0 Å². The minimum atomic E-state index is -0.331. The molecule has 0 spiro atoms. The predicted octanol–water partition coefficient (Wildman–Crippen LogP) is 2.75. The molecule has 21 heavy (non-hydrogen) atoms. The summed E-state index contributed by atoms with van der Waals surface area (Å²) in [5.74, 6) is -0.141. The summed E-state index contributed by atoms with van der Waals surface area (Å²) in [6.07, 6.45) is 0.872. The SMILES string of the molecule is CCC(C)(C)NC(=O)C(C)Nc1ccc(NC(C)=O)cc1. The minimum absolute atomic E-state index is 0.0345. The van der Waals surface area contributed by atoms with Crippen LogP contribution in [0, 0.1) is 0 Å². The minimum Gasteiger partial charge on any atom is -0.374 e. The molecule has 0 saturated heterocycles. The van der Waals surface area contributed by atoms with Crippen LogP contribution in [0.25, 0.3) is 0 Å². The molecule has 5 nitrogen and oxygen atoms in total. The van der Waals surface area contributed by atoms with Crippen LogP contribution in [0.3, 0.4) is 0 Å². The Kier molecular flexibility index (Phi) is 5.76. The first kappa shape index (κ1) is 17.0. The van der Waals surface area contributed by atoms with Gasteiger partial charge in [-0.05, 0) is 51.5 Å². The predicted molar refractivity (Wildman–Crippen MR) is 86.3 cm³/mol. The first-order chi connectivity index (χ1) is 9.73. The van der Waals surface area contributed by atoms with Gasteiger partial charge in [0.25, 0.3) is 0 Å². The molecule has 1 aromatic carbocycles. The van der Waals surface area contributed by atoms with Crippen molar-refractivity contribution in [2.75, 3.05) is 10.6 Å². The highest BCUT2D eigenvalue weighted by atomic mass is 16.2. The summed E-state index contributed by atoms with van der Waals surface area (Å²) in [6, 6.07) is 6.93. The second-order valence-electron chi connectivity index (χ2n) is 5.85. The summed E-state index contributed by atoms with van der Waals surface area (Å²) in [4.78, 5) is 23.1. The van der Waals surface area contributed by atoms with Crippen molar-refractivity contribution in [2.45, 2.75) is 52.6 Å². The van der Waals surface area contributed by atoms with Crippen molar-refractivity contribution >= 4 is 23.2 Å². The molecule has 0 aliphatic rings. The Hall–Kier alpha value is -2.04. The van der Waals surface area contributed by atoms with Crippen molar-refractivity contribution in [2.24, 2.45) is 0 Å². The van der Waals surface area contributed by atoms with Crippen LogP contribution in [-0.2, 0) is 9.59 Å². The van der Waals surface area contributed by atoms with Crippen molar-refractivity contribution in [1.29, 1.82) is 0 Å². The number of hydrogen-bond donors (Lipinski definition) is 3. The highest BCUT2D eigenvalue weighted by Crippen LogP contribution is 2.15. The lowest BCUT2D eigenvalue weighted by molar-refractivity contribution is -0.123. The largest absolute Gasteiger partial charge is 0.374 e. The standard InChI is InChI=1S/C16H25N3O2/c1-6-16(4,5)19-15(21)11(2)17-13-7-9-14(10-8-13)18-12(3)20/h7-11,17H,6H2,1-5H3,(H,18,20)(H,19,21). The van der Waals surface area contributed by atoms with Crippen LogP contribution < -0.4 is 16.0 Å². The van der Waals surface area contributed by atoms with Gasteiger partial charge in [-0.25, -0.2) is 0 Å². The van der Waals surface area contributed by atoms with Gasteiger partial charge in [0.15, 0.2) is 0 Å². The molecule has 0 aromatic heterocycles. The normalized spacial score (nSPS) is 12.4. The van der Waals surface area contributed by atoms with Crippen molar-refractivity contribution in [1.82, 2.24) is 5.32 Å². The van der Waals surface area contributed by atoms with E-state index in [1.165, 1.54) is 6.92 Å². The van der Waals surface area contributed by atoms with Crippen LogP contribution in [0.1, 0.15) is 41.0 Å². The molecule has 0 aliphatic carbocycles. The van der Waals surface area contributed by atoms with Gasteiger partial charge in [0.05, 0.1) is 0 Å². The first-order valence-corrected chi connectivity index (χ1v) is 7.19. The van der Waals surface area contributed by atoms with E-state index in [4.69, 9.17) is 0 Å². The smallest absolute Gasteiger partial charge is 0.242 e. The second-order valence-corrected chi connectivity index (χ2v) is 5.85. The molecule has 0 saturated carbocycles. The number of anilines is 2. The Morgan fingerprint density at radius 2 is 1.67 bits per heavy atom. The molecular formula is C16H25N3O2. The number of carbonyl (C=O) groups excluding carboxylic acids is 2. The zero-order chi connectivity index (χ0) is 16.0. The van der Waals surface area contributed by atoms with Crippen LogP contribution >= 0.6 is 0 Å². The highest BCUT2D eigenvalue weighted by molar-refractivity contribution is 5.89. The third kappa shape index (κ3) is 5.85. The van der Waals surface area contributed by atoms with Crippen LogP contribution in [0.2, 0.25) is 0 Å². The molecule has 1 aromatic rings. The van der Waals surface area contributed by atoms with Gasteiger partial charge in [-0.15, -0.1) is 0 Å². The highest BCUT2D eigenvalue weighted by Gasteiger charge is 2.21. The van der Waals surface area contributed by atoms with E-state index >= 15 is 0 Å². The number of amides is 2. The Morgan fingerprint density at radius 1 is 1.14 bits per heavy atom. The number of rotatable bonds is 6. The molecule has 1 rings (SSSR count). The van der Waals surface area contributed by atoms with Gasteiger partial charge in [-0.1, -0.05) is 6.92 Å². The summed E-state index contributed by atoms with van der Waals surface area (Å²) in [5, 5.41) is 8.85. The van der Waals surface area contributed by atoms with Crippen molar-refractivity contribution in [3.05, 3.63) is 24.3 Å². The molecule has 0 aliphatic heterocycles. The van der Waals surface area contributed by atoms with E-state index in [0.717, 1.165) is 17.8 Å². The van der Waals surface area contributed by atoms with Crippen LogP contribution in [-0.4, -0.2) is 23.4 Å². The molecule has 1 atom stereocenters. The van der Waals surface area contributed by atoms with Crippen molar-refractivity contribution in [3.8, 4) is 0 Å². The van der Waals surface area contributed by atoms with Gasteiger partial charge >= 0.3 is 0 Å².